The largest absolute Gasteiger partial charge is 0.487 e. The van der Waals surface area contributed by atoms with Crippen LogP contribution < -0.4 is 9.47 Å². The zero-order valence-electron chi connectivity index (χ0n) is 13.3. The van der Waals surface area contributed by atoms with Gasteiger partial charge in [0.05, 0.1) is 45.4 Å². The lowest BCUT2D eigenvalue weighted by Gasteiger charge is -2.14. The van der Waals surface area contributed by atoms with Crippen molar-refractivity contribution in [2.45, 2.75) is 6.92 Å². The average Bonchev–Trinajstić information content (AvgIpc) is 2.59. The first kappa shape index (κ1) is 17.5. The van der Waals surface area contributed by atoms with Gasteiger partial charge in [0.1, 0.15) is 13.2 Å². The Morgan fingerprint density at radius 3 is 1.91 bits per heavy atom. The number of fused-ring (bicyclic) bond motifs is 1. The number of nitrogens with zero attached hydrogens (tertiary/aromatic N) is 1. The van der Waals surface area contributed by atoms with Crippen LogP contribution in [0.15, 0.2) is 23.4 Å². The highest BCUT2D eigenvalue weighted by Gasteiger charge is 2.09. The lowest BCUT2D eigenvalue weighted by Crippen LogP contribution is -2.13. The van der Waals surface area contributed by atoms with Crippen LogP contribution in [0.4, 0.5) is 0 Å². The van der Waals surface area contributed by atoms with E-state index >= 15 is 0 Å². The van der Waals surface area contributed by atoms with Crippen molar-refractivity contribution in [3.05, 3.63) is 23.8 Å². The first-order valence-electron chi connectivity index (χ1n) is 7.63. The summed E-state index contributed by atoms with van der Waals surface area (Å²) in [6.45, 7) is 5.57. The molecule has 0 saturated heterocycles. The minimum absolute atomic E-state index is 0.394. The van der Waals surface area contributed by atoms with E-state index in [1.807, 2.05) is 6.07 Å². The Hall–Kier alpha value is -1.83. The summed E-state index contributed by atoms with van der Waals surface area (Å²) in [5.74, 6) is 1.20. The molecule has 0 atom stereocenters. The van der Waals surface area contributed by atoms with Crippen LogP contribution in [-0.4, -0.2) is 63.8 Å². The fourth-order valence-electron chi connectivity index (χ4n) is 1.99. The predicted molar refractivity (Wildman–Crippen MR) is 83.9 cm³/mol. The standard InChI is InChI=1S/C16H23NO6/c1-13(17-18)14-2-3-15-16(12-14)23-11-9-21-7-5-19-4-6-20-8-10-22-15/h2-3,12,18H,4-11H2,1H3/b17-13+. The second-order valence-electron chi connectivity index (χ2n) is 4.88. The molecule has 1 N–H and O–H groups in total. The molecular formula is C16H23NO6. The fraction of sp³-hybridized carbons (Fsp3) is 0.562. The van der Waals surface area contributed by atoms with Gasteiger partial charge in [-0.2, -0.15) is 0 Å². The highest BCUT2D eigenvalue weighted by Crippen LogP contribution is 2.28. The predicted octanol–water partition coefficient (Wildman–Crippen LogP) is 1.71. The van der Waals surface area contributed by atoms with Crippen LogP contribution in [0.5, 0.6) is 11.5 Å². The maximum atomic E-state index is 8.90. The summed E-state index contributed by atoms with van der Waals surface area (Å²) < 4.78 is 27.6. The Bertz CT molecular complexity index is 505. The SMILES string of the molecule is C/C(=N\O)c1ccc2c(c1)OCCOCCOCCOCCO2. The molecule has 0 fully saturated rings. The van der Waals surface area contributed by atoms with Gasteiger partial charge in [-0.3, -0.25) is 0 Å². The molecule has 23 heavy (non-hydrogen) atoms. The van der Waals surface area contributed by atoms with Crippen molar-refractivity contribution in [2.24, 2.45) is 5.16 Å². The molecule has 0 aromatic heterocycles. The van der Waals surface area contributed by atoms with E-state index < -0.39 is 0 Å². The highest BCUT2D eigenvalue weighted by atomic mass is 16.6. The number of hydrogen-bond acceptors (Lipinski definition) is 7. The van der Waals surface area contributed by atoms with Gasteiger partial charge in [-0.1, -0.05) is 5.16 Å². The van der Waals surface area contributed by atoms with Gasteiger partial charge < -0.3 is 28.9 Å². The molecule has 0 bridgehead atoms. The molecule has 1 heterocycles. The van der Waals surface area contributed by atoms with E-state index in [0.29, 0.717) is 70.1 Å². The van der Waals surface area contributed by atoms with Gasteiger partial charge in [-0.05, 0) is 25.1 Å². The highest BCUT2D eigenvalue weighted by molar-refractivity contribution is 5.98. The smallest absolute Gasteiger partial charge is 0.161 e. The molecule has 0 spiro atoms. The quantitative estimate of drug-likeness (QED) is 0.481. The number of benzene rings is 1. The molecule has 2 rings (SSSR count). The Morgan fingerprint density at radius 2 is 1.35 bits per heavy atom. The van der Waals surface area contributed by atoms with Crippen molar-refractivity contribution in [1.29, 1.82) is 0 Å². The molecule has 7 nitrogen and oxygen atoms in total. The maximum absolute atomic E-state index is 8.90. The third-order valence-corrected chi connectivity index (χ3v) is 3.23. The Labute approximate surface area is 135 Å². The maximum Gasteiger partial charge on any atom is 0.161 e. The van der Waals surface area contributed by atoms with Gasteiger partial charge in [0.2, 0.25) is 0 Å². The van der Waals surface area contributed by atoms with Gasteiger partial charge in [0.25, 0.3) is 0 Å². The second kappa shape index (κ2) is 10.0. The summed E-state index contributed by atoms with van der Waals surface area (Å²) in [6, 6.07) is 5.39. The van der Waals surface area contributed by atoms with Crippen LogP contribution in [0.2, 0.25) is 0 Å². The molecule has 0 radical (unpaired) electrons. The van der Waals surface area contributed by atoms with E-state index in [9.17, 15) is 0 Å². The van der Waals surface area contributed by atoms with Crippen molar-refractivity contribution in [2.75, 3.05) is 52.9 Å². The number of oxime groups is 1. The summed E-state index contributed by atoms with van der Waals surface area (Å²) in [5.41, 5.74) is 1.27. The topological polar surface area (TPSA) is 78.7 Å². The van der Waals surface area contributed by atoms with Gasteiger partial charge in [-0.15, -0.1) is 0 Å². The van der Waals surface area contributed by atoms with Crippen molar-refractivity contribution >= 4 is 5.71 Å². The first-order valence-corrected chi connectivity index (χ1v) is 7.63. The molecule has 1 aromatic carbocycles. The average molecular weight is 325 g/mol. The third-order valence-electron chi connectivity index (χ3n) is 3.23. The summed E-state index contributed by atoms with van der Waals surface area (Å²) in [6.07, 6.45) is 0. The summed E-state index contributed by atoms with van der Waals surface area (Å²) >= 11 is 0. The molecule has 0 saturated carbocycles. The van der Waals surface area contributed by atoms with E-state index in [-0.39, 0.29) is 0 Å². The van der Waals surface area contributed by atoms with Crippen LogP contribution in [0.3, 0.4) is 0 Å². The molecule has 0 unspecified atom stereocenters. The number of ether oxygens (including phenoxy) is 5. The minimum Gasteiger partial charge on any atom is -0.487 e. The van der Waals surface area contributed by atoms with Crippen LogP contribution >= 0.6 is 0 Å². The van der Waals surface area contributed by atoms with Gasteiger partial charge in [0.15, 0.2) is 11.5 Å². The third kappa shape index (κ3) is 6.05. The normalized spacial score (nSPS) is 18.7. The van der Waals surface area contributed by atoms with Crippen LogP contribution in [-0.2, 0) is 14.2 Å². The molecular weight excluding hydrogens is 302 g/mol. The van der Waals surface area contributed by atoms with E-state index in [1.54, 1.807) is 19.1 Å². The van der Waals surface area contributed by atoms with Gasteiger partial charge >= 0.3 is 0 Å². The van der Waals surface area contributed by atoms with Crippen molar-refractivity contribution in [3.8, 4) is 11.5 Å². The summed E-state index contributed by atoms with van der Waals surface area (Å²) in [7, 11) is 0. The molecule has 128 valence electrons. The molecule has 1 aliphatic heterocycles. The zero-order chi connectivity index (χ0) is 16.3. The minimum atomic E-state index is 0.394. The lowest BCUT2D eigenvalue weighted by molar-refractivity contribution is 0.00708. The van der Waals surface area contributed by atoms with Gasteiger partial charge in [0, 0.05) is 5.56 Å². The molecule has 0 aliphatic carbocycles. The summed E-state index contributed by atoms with van der Waals surface area (Å²) in [5, 5.41) is 12.1. The molecule has 7 heteroatoms. The van der Waals surface area contributed by atoms with Gasteiger partial charge in [-0.25, -0.2) is 0 Å². The lowest BCUT2D eigenvalue weighted by atomic mass is 10.1. The van der Waals surface area contributed by atoms with Crippen molar-refractivity contribution < 1.29 is 28.9 Å². The Kier molecular flexibility index (Phi) is 7.65. The Morgan fingerprint density at radius 1 is 0.826 bits per heavy atom. The summed E-state index contributed by atoms with van der Waals surface area (Å²) in [4.78, 5) is 0. The van der Waals surface area contributed by atoms with Crippen LogP contribution in [0.25, 0.3) is 0 Å². The van der Waals surface area contributed by atoms with E-state index in [0.717, 1.165) is 5.56 Å². The zero-order valence-corrected chi connectivity index (χ0v) is 13.3. The van der Waals surface area contributed by atoms with Crippen molar-refractivity contribution in [1.82, 2.24) is 0 Å². The van der Waals surface area contributed by atoms with E-state index in [1.165, 1.54) is 0 Å². The number of rotatable bonds is 1. The monoisotopic (exact) mass is 325 g/mol. The van der Waals surface area contributed by atoms with Crippen LogP contribution in [0, 0.1) is 0 Å². The first-order chi connectivity index (χ1) is 11.3. The Balaban J connectivity index is 2.05. The number of hydrogen-bond donors (Lipinski definition) is 1. The van der Waals surface area contributed by atoms with E-state index in [4.69, 9.17) is 28.9 Å². The fourth-order valence-corrected chi connectivity index (χ4v) is 1.99. The second-order valence-corrected chi connectivity index (χ2v) is 4.88. The van der Waals surface area contributed by atoms with E-state index in [2.05, 4.69) is 5.16 Å². The van der Waals surface area contributed by atoms with Crippen molar-refractivity contribution in [3.63, 3.8) is 0 Å². The molecule has 0 amide bonds. The molecule has 1 aliphatic rings. The van der Waals surface area contributed by atoms with Crippen LogP contribution in [0.1, 0.15) is 12.5 Å². The molecule has 1 aromatic rings.